The molecular weight excluding hydrogens is 488 g/mol. The molecule has 6 atom stereocenters. The highest BCUT2D eigenvalue weighted by atomic mass is 16.4. The Kier molecular flexibility index (Phi) is 7.84. The molecule has 202 valence electrons. The van der Waals surface area contributed by atoms with Crippen molar-refractivity contribution < 1.29 is 29.4 Å². The minimum Gasteiger partial charge on any atom is -0.481 e. The molecule has 0 radical (unpaired) electrons. The van der Waals surface area contributed by atoms with Gasteiger partial charge in [-0.1, -0.05) is 59.7 Å². The third kappa shape index (κ3) is 4.65. The first-order valence-electron chi connectivity index (χ1n) is 12.8. The standard InChI is InChI=1S/C28H34N4O6/c1-5-29-25(33)23-19(27(35)36)21(17-11-7-15(3)8-12-17)32-24(26(34)30-6-2)20(28(37)38)22(31(23)32)18-13-9-16(4)10-14-18/h7-14,19-24H,5-6H2,1-4H3,(H,29,33)(H,30,34)(H,35,36)(H,37,38)/t19-,20-,21-,22+,23+,24+/m1/s1. The lowest BCUT2D eigenvalue weighted by molar-refractivity contribution is -0.148. The molecule has 0 spiro atoms. The summed E-state index contributed by atoms with van der Waals surface area (Å²) < 4.78 is 0. The minimum atomic E-state index is -1.26. The summed E-state index contributed by atoms with van der Waals surface area (Å²) in [7, 11) is 0. The van der Waals surface area contributed by atoms with E-state index in [0.29, 0.717) is 11.1 Å². The van der Waals surface area contributed by atoms with E-state index in [2.05, 4.69) is 10.6 Å². The summed E-state index contributed by atoms with van der Waals surface area (Å²) >= 11 is 0. The summed E-state index contributed by atoms with van der Waals surface area (Å²) in [6.07, 6.45) is 0. The number of carboxylic acids is 2. The Hall–Kier alpha value is -3.76. The van der Waals surface area contributed by atoms with Crippen molar-refractivity contribution in [2.75, 3.05) is 13.1 Å². The maximum atomic E-state index is 13.6. The van der Waals surface area contributed by atoms with Crippen LogP contribution >= 0.6 is 0 Å². The SMILES string of the molecule is CCNC(=O)[C@@H]1[C@H](C(=O)O)[C@H](c2ccc(C)cc2)N2[C@H](C(=O)NCC)[C@H](C(=O)O)[C@@H](c3ccc(C)cc3)N12. The van der Waals surface area contributed by atoms with Gasteiger partial charge >= 0.3 is 11.9 Å². The van der Waals surface area contributed by atoms with Crippen LogP contribution in [0.2, 0.25) is 0 Å². The highest BCUT2D eigenvalue weighted by Crippen LogP contribution is 2.55. The minimum absolute atomic E-state index is 0.266. The summed E-state index contributed by atoms with van der Waals surface area (Å²) in [6.45, 7) is 7.80. The number of aryl methyl sites for hydroxylation is 2. The molecule has 2 aromatic carbocycles. The van der Waals surface area contributed by atoms with Crippen LogP contribution in [0.4, 0.5) is 0 Å². The quantitative estimate of drug-likeness (QED) is 0.413. The zero-order valence-corrected chi connectivity index (χ0v) is 21.9. The molecule has 10 nitrogen and oxygen atoms in total. The molecule has 2 amide bonds. The second-order valence-electron chi connectivity index (χ2n) is 9.88. The number of aliphatic carboxylic acids is 2. The van der Waals surface area contributed by atoms with Gasteiger partial charge in [0.25, 0.3) is 0 Å². The first-order valence-corrected chi connectivity index (χ1v) is 12.8. The number of hydrazine groups is 1. The fraction of sp³-hybridized carbons (Fsp3) is 0.429. The number of nitrogens with one attached hydrogen (secondary N) is 2. The number of carboxylic acid groups (broad SMARTS) is 2. The molecule has 0 aromatic heterocycles. The van der Waals surface area contributed by atoms with Crippen molar-refractivity contribution in [3.63, 3.8) is 0 Å². The van der Waals surface area contributed by atoms with Crippen LogP contribution in [0.15, 0.2) is 48.5 Å². The van der Waals surface area contributed by atoms with Crippen LogP contribution < -0.4 is 10.6 Å². The van der Waals surface area contributed by atoms with Crippen LogP contribution in [0.5, 0.6) is 0 Å². The van der Waals surface area contributed by atoms with Gasteiger partial charge in [0.05, 0.1) is 12.1 Å². The lowest BCUT2D eigenvalue weighted by atomic mass is 9.81. The summed E-state index contributed by atoms with van der Waals surface area (Å²) in [4.78, 5) is 52.8. The van der Waals surface area contributed by atoms with Gasteiger partial charge < -0.3 is 20.8 Å². The maximum absolute atomic E-state index is 13.6. The Labute approximate surface area is 221 Å². The molecule has 2 aliphatic rings. The van der Waals surface area contributed by atoms with Crippen LogP contribution in [0.3, 0.4) is 0 Å². The van der Waals surface area contributed by atoms with Crippen molar-refractivity contribution in [3.05, 3.63) is 70.8 Å². The van der Waals surface area contributed by atoms with Gasteiger partial charge in [0, 0.05) is 13.1 Å². The number of benzene rings is 2. The molecule has 0 saturated carbocycles. The molecule has 0 bridgehead atoms. The van der Waals surface area contributed by atoms with Crippen molar-refractivity contribution in [1.29, 1.82) is 0 Å². The van der Waals surface area contributed by atoms with E-state index in [1.165, 1.54) is 0 Å². The maximum Gasteiger partial charge on any atom is 0.310 e. The van der Waals surface area contributed by atoms with E-state index in [9.17, 15) is 29.4 Å². The lowest BCUT2D eigenvalue weighted by Crippen LogP contribution is -2.51. The van der Waals surface area contributed by atoms with E-state index in [-0.39, 0.29) is 13.1 Å². The molecule has 2 fully saturated rings. The summed E-state index contributed by atoms with van der Waals surface area (Å²) in [5, 5.41) is 29.6. The van der Waals surface area contributed by atoms with Gasteiger partial charge in [-0.3, -0.25) is 19.2 Å². The lowest BCUT2D eigenvalue weighted by Gasteiger charge is -2.33. The molecule has 0 unspecified atom stereocenters. The van der Waals surface area contributed by atoms with Crippen LogP contribution in [0.1, 0.15) is 48.2 Å². The Morgan fingerprint density at radius 2 is 0.974 bits per heavy atom. The van der Waals surface area contributed by atoms with Gasteiger partial charge in [-0.05, 0) is 38.8 Å². The molecule has 0 aliphatic carbocycles. The van der Waals surface area contributed by atoms with E-state index in [1.54, 1.807) is 48.1 Å². The van der Waals surface area contributed by atoms with E-state index in [0.717, 1.165) is 11.1 Å². The Bertz CT molecular complexity index is 1120. The van der Waals surface area contributed by atoms with Gasteiger partial charge in [-0.25, -0.2) is 10.0 Å². The zero-order valence-electron chi connectivity index (χ0n) is 21.9. The number of fused-ring (bicyclic) bond motifs is 1. The third-order valence-corrected chi connectivity index (χ3v) is 7.41. The van der Waals surface area contributed by atoms with Gasteiger partial charge in [-0.2, -0.15) is 0 Å². The predicted molar refractivity (Wildman–Crippen MR) is 139 cm³/mol. The Morgan fingerprint density at radius 3 is 1.24 bits per heavy atom. The molecule has 4 N–H and O–H groups in total. The topological polar surface area (TPSA) is 139 Å². The molecule has 2 aliphatic heterocycles. The second kappa shape index (κ2) is 10.9. The number of rotatable bonds is 8. The highest BCUT2D eigenvalue weighted by molar-refractivity contribution is 5.92. The number of likely N-dealkylation sites (N-methyl/N-ethyl adjacent to an activating group) is 2. The summed E-state index contributed by atoms with van der Waals surface area (Å²) in [5.74, 6) is -5.99. The molecule has 2 saturated heterocycles. The van der Waals surface area contributed by atoms with Crippen LogP contribution in [0, 0.1) is 25.7 Å². The van der Waals surface area contributed by atoms with E-state index >= 15 is 0 Å². The molecule has 4 rings (SSSR count). The number of hydrogen-bond donors (Lipinski definition) is 4. The first-order chi connectivity index (χ1) is 18.1. The summed E-state index contributed by atoms with van der Waals surface area (Å²) in [5.41, 5.74) is 3.09. The van der Waals surface area contributed by atoms with Crippen molar-refractivity contribution >= 4 is 23.8 Å². The van der Waals surface area contributed by atoms with Crippen molar-refractivity contribution in [1.82, 2.24) is 20.7 Å². The largest absolute Gasteiger partial charge is 0.481 e. The Morgan fingerprint density at radius 1 is 0.658 bits per heavy atom. The molecular formula is C28H34N4O6. The van der Waals surface area contributed by atoms with E-state index in [1.807, 2.05) is 38.1 Å². The fourth-order valence-corrected chi connectivity index (χ4v) is 5.84. The normalized spacial score (nSPS) is 27.1. The van der Waals surface area contributed by atoms with Gasteiger partial charge in [0.15, 0.2) is 0 Å². The van der Waals surface area contributed by atoms with E-state index < -0.39 is 59.8 Å². The average molecular weight is 523 g/mol. The number of carbonyl (C=O) groups excluding carboxylic acids is 2. The van der Waals surface area contributed by atoms with E-state index in [4.69, 9.17) is 0 Å². The van der Waals surface area contributed by atoms with Crippen molar-refractivity contribution in [2.24, 2.45) is 11.8 Å². The van der Waals surface area contributed by atoms with Gasteiger partial charge in [0.1, 0.15) is 23.9 Å². The monoisotopic (exact) mass is 522 g/mol. The predicted octanol–water partition coefficient (Wildman–Crippen LogP) is 2.04. The molecule has 38 heavy (non-hydrogen) atoms. The molecule has 10 heteroatoms. The van der Waals surface area contributed by atoms with Crippen LogP contribution in [-0.2, 0) is 19.2 Å². The van der Waals surface area contributed by atoms with Gasteiger partial charge in [-0.15, -0.1) is 0 Å². The summed E-state index contributed by atoms with van der Waals surface area (Å²) in [6, 6.07) is 10.0. The van der Waals surface area contributed by atoms with Crippen molar-refractivity contribution in [2.45, 2.75) is 51.9 Å². The van der Waals surface area contributed by atoms with Crippen molar-refractivity contribution in [3.8, 4) is 0 Å². The fourth-order valence-electron chi connectivity index (χ4n) is 5.84. The Balaban J connectivity index is 2.02. The van der Waals surface area contributed by atoms with Gasteiger partial charge in [0.2, 0.25) is 11.8 Å². The third-order valence-electron chi connectivity index (χ3n) is 7.41. The number of hydrogen-bond acceptors (Lipinski definition) is 6. The second-order valence-corrected chi connectivity index (χ2v) is 9.88. The van der Waals surface area contributed by atoms with Crippen LogP contribution in [0.25, 0.3) is 0 Å². The zero-order chi connectivity index (χ0) is 27.7. The number of nitrogens with zero attached hydrogens (tertiary/aromatic N) is 2. The molecule has 2 heterocycles. The first kappa shape index (κ1) is 27.3. The number of carbonyl (C=O) groups is 4. The molecule has 2 aromatic rings. The highest BCUT2D eigenvalue weighted by Gasteiger charge is 2.67. The number of amides is 2. The smallest absolute Gasteiger partial charge is 0.310 e. The average Bonchev–Trinajstić information content (AvgIpc) is 3.38. The van der Waals surface area contributed by atoms with Crippen LogP contribution in [-0.4, -0.2) is 69.2 Å².